The van der Waals surface area contributed by atoms with Crippen molar-refractivity contribution in [2.75, 3.05) is 14.2 Å². The zero-order valence-electron chi connectivity index (χ0n) is 13.7. The van der Waals surface area contributed by atoms with Crippen LogP contribution in [0.3, 0.4) is 0 Å². The molecule has 2 aromatic heterocycles. The van der Waals surface area contributed by atoms with Crippen LogP contribution in [0.1, 0.15) is 11.3 Å². The first-order valence-electron chi connectivity index (χ1n) is 7.43. The fourth-order valence-corrected chi connectivity index (χ4v) is 3.06. The standard InChI is InChI=1S/C17H16N2O5S/c1-22-13-4-3-11(14(9-13)23-2)7-16(21)24-10-12-8-15(20)19-5-6-25-17(19)18-12/h3-6,8-9H,7,10H2,1-2H3. The highest BCUT2D eigenvalue weighted by Gasteiger charge is 2.12. The summed E-state index contributed by atoms with van der Waals surface area (Å²) < 4.78 is 17.1. The summed E-state index contributed by atoms with van der Waals surface area (Å²) in [5.41, 5.74) is 0.909. The summed E-state index contributed by atoms with van der Waals surface area (Å²) in [7, 11) is 3.08. The van der Waals surface area contributed by atoms with Crippen LogP contribution in [0, 0.1) is 0 Å². The number of aromatic nitrogens is 2. The van der Waals surface area contributed by atoms with E-state index in [9.17, 15) is 9.59 Å². The van der Waals surface area contributed by atoms with Crippen molar-refractivity contribution in [1.82, 2.24) is 9.38 Å². The lowest BCUT2D eigenvalue weighted by molar-refractivity contribution is -0.144. The first kappa shape index (κ1) is 17.0. The highest BCUT2D eigenvalue weighted by Crippen LogP contribution is 2.25. The van der Waals surface area contributed by atoms with Crippen LogP contribution in [0.5, 0.6) is 11.5 Å². The SMILES string of the molecule is COc1ccc(CC(=O)OCc2cc(=O)n3ccsc3n2)c(OC)c1. The number of benzene rings is 1. The Morgan fingerprint density at radius 3 is 2.84 bits per heavy atom. The molecule has 0 saturated heterocycles. The van der Waals surface area contributed by atoms with Crippen LogP contribution in [0.2, 0.25) is 0 Å². The number of carbonyl (C=O) groups excluding carboxylic acids is 1. The number of carbonyl (C=O) groups is 1. The number of ether oxygens (including phenoxy) is 3. The molecule has 8 heteroatoms. The molecule has 2 heterocycles. The largest absolute Gasteiger partial charge is 0.497 e. The zero-order valence-corrected chi connectivity index (χ0v) is 14.5. The van der Waals surface area contributed by atoms with Gasteiger partial charge in [0.2, 0.25) is 0 Å². The maximum Gasteiger partial charge on any atom is 0.310 e. The van der Waals surface area contributed by atoms with Gasteiger partial charge in [-0.1, -0.05) is 6.07 Å². The smallest absolute Gasteiger partial charge is 0.310 e. The summed E-state index contributed by atoms with van der Waals surface area (Å²) in [5, 5.41) is 1.77. The fourth-order valence-electron chi connectivity index (χ4n) is 2.32. The Labute approximate surface area is 147 Å². The Kier molecular flexibility index (Phi) is 4.99. The minimum Gasteiger partial charge on any atom is -0.497 e. The van der Waals surface area contributed by atoms with E-state index < -0.39 is 5.97 Å². The molecule has 0 atom stereocenters. The summed E-state index contributed by atoms with van der Waals surface area (Å²) in [6.45, 7) is -0.0546. The molecular weight excluding hydrogens is 344 g/mol. The van der Waals surface area contributed by atoms with E-state index in [1.54, 1.807) is 36.9 Å². The van der Waals surface area contributed by atoms with Crippen molar-refractivity contribution >= 4 is 22.3 Å². The molecule has 0 aliphatic carbocycles. The third-order valence-corrected chi connectivity index (χ3v) is 4.32. The molecule has 0 N–H and O–H groups in total. The van der Waals surface area contributed by atoms with Gasteiger partial charge in [-0.25, -0.2) is 4.98 Å². The Bertz CT molecular complexity index is 963. The van der Waals surface area contributed by atoms with Crippen LogP contribution >= 0.6 is 11.3 Å². The van der Waals surface area contributed by atoms with Gasteiger partial charge in [0, 0.05) is 29.3 Å². The molecule has 0 aliphatic rings. The maximum absolute atomic E-state index is 12.1. The van der Waals surface area contributed by atoms with Gasteiger partial charge < -0.3 is 14.2 Å². The quantitative estimate of drug-likeness (QED) is 0.626. The molecule has 0 radical (unpaired) electrons. The first-order valence-corrected chi connectivity index (χ1v) is 8.31. The van der Waals surface area contributed by atoms with Gasteiger partial charge in [0.15, 0.2) is 4.96 Å². The third-order valence-electron chi connectivity index (χ3n) is 3.57. The number of esters is 1. The van der Waals surface area contributed by atoms with E-state index in [2.05, 4.69) is 4.98 Å². The highest BCUT2D eigenvalue weighted by molar-refractivity contribution is 7.15. The molecule has 0 unspecified atom stereocenters. The van der Waals surface area contributed by atoms with E-state index in [4.69, 9.17) is 14.2 Å². The molecule has 0 spiro atoms. The molecule has 1 aromatic carbocycles. The van der Waals surface area contributed by atoms with E-state index in [0.717, 1.165) is 0 Å². The number of hydrogen-bond acceptors (Lipinski definition) is 7. The van der Waals surface area contributed by atoms with Crippen molar-refractivity contribution in [3.63, 3.8) is 0 Å². The van der Waals surface area contributed by atoms with Crippen molar-refractivity contribution in [1.29, 1.82) is 0 Å². The van der Waals surface area contributed by atoms with Crippen molar-refractivity contribution in [3.05, 3.63) is 57.5 Å². The molecule has 0 bridgehead atoms. The normalized spacial score (nSPS) is 10.6. The van der Waals surface area contributed by atoms with Crippen LogP contribution in [0.25, 0.3) is 4.96 Å². The second-order valence-corrected chi connectivity index (χ2v) is 6.03. The second-order valence-electron chi connectivity index (χ2n) is 5.16. The van der Waals surface area contributed by atoms with Crippen LogP contribution < -0.4 is 15.0 Å². The Hall–Kier alpha value is -2.87. The number of thiazole rings is 1. The van der Waals surface area contributed by atoms with Crippen molar-refractivity contribution < 1.29 is 19.0 Å². The number of methoxy groups -OCH3 is 2. The Morgan fingerprint density at radius 2 is 2.08 bits per heavy atom. The van der Waals surface area contributed by atoms with Gasteiger partial charge in [0.25, 0.3) is 5.56 Å². The lowest BCUT2D eigenvalue weighted by atomic mass is 10.1. The molecule has 25 heavy (non-hydrogen) atoms. The van der Waals surface area contributed by atoms with E-state index in [1.807, 2.05) is 0 Å². The fraction of sp³-hybridized carbons (Fsp3) is 0.235. The van der Waals surface area contributed by atoms with Gasteiger partial charge in [0.1, 0.15) is 18.1 Å². The average molecular weight is 360 g/mol. The summed E-state index contributed by atoms with van der Waals surface area (Å²) in [6, 6.07) is 6.57. The maximum atomic E-state index is 12.1. The van der Waals surface area contributed by atoms with E-state index in [-0.39, 0.29) is 18.6 Å². The average Bonchev–Trinajstić information content (AvgIpc) is 3.09. The molecule has 130 valence electrons. The monoisotopic (exact) mass is 360 g/mol. The number of nitrogens with zero attached hydrogens (tertiary/aromatic N) is 2. The highest BCUT2D eigenvalue weighted by atomic mass is 32.1. The lowest BCUT2D eigenvalue weighted by Crippen LogP contribution is -2.15. The molecule has 0 fully saturated rings. The van der Waals surface area contributed by atoms with Gasteiger partial charge in [-0.05, 0) is 6.07 Å². The van der Waals surface area contributed by atoms with Gasteiger partial charge in [-0.2, -0.15) is 0 Å². The van der Waals surface area contributed by atoms with Crippen molar-refractivity contribution in [2.45, 2.75) is 13.0 Å². The molecule has 3 aromatic rings. The van der Waals surface area contributed by atoms with Gasteiger partial charge in [-0.3, -0.25) is 14.0 Å². The van der Waals surface area contributed by atoms with Gasteiger partial charge >= 0.3 is 5.97 Å². The second kappa shape index (κ2) is 7.35. The van der Waals surface area contributed by atoms with Crippen LogP contribution in [-0.2, 0) is 22.6 Å². The summed E-state index contributed by atoms with van der Waals surface area (Å²) in [4.78, 5) is 28.9. The van der Waals surface area contributed by atoms with E-state index >= 15 is 0 Å². The minimum absolute atomic E-state index is 0.0490. The number of fused-ring (bicyclic) bond motifs is 1. The van der Waals surface area contributed by atoms with Crippen LogP contribution in [0.4, 0.5) is 0 Å². The van der Waals surface area contributed by atoms with Crippen molar-refractivity contribution in [3.8, 4) is 11.5 Å². The number of hydrogen-bond donors (Lipinski definition) is 0. The molecule has 0 aliphatic heterocycles. The lowest BCUT2D eigenvalue weighted by Gasteiger charge is -2.10. The third kappa shape index (κ3) is 3.80. The Morgan fingerprint density at radius 1 is 1.24 bits per heavy atom. The predicted octanol–water partition coefficient (Wildman–Crippen LogP) is 2.06. The van der Waals surface area contributed by atoms with E-state index in [1.165, 1.54) is 28.9 Å². The van der Waals surface area contributed by atoms with Crippen LogP contribution in [-0.4, -0.2) is 29.6 Å². The number of rotatable bonds is 6. The van der Waals surface area contributed by atoms with Crippen molar-refractivity contribution in [2.24, 2.45) is 0 Å². The first-order chi connectivity index (χ1) is 12.1. The molecule has 0 saturated carbocycles. The van der Waals surface area contributed by atoms with Crippen LogP contribution in [0.15, 0.2) is 40.6 Å². The van der Waals surface area contributed by atoms with Gasteiger partial charge in [0.05, 0.1) is 26.3 Å². The predicted molar refractivity (Wildman–Crippen MR) is 92.4 cm³/mol. The van der Waals surface area contributed by atoms with E-state index in [0.29, 0.717) is 27.7 Å². The minimum atomic E-state index is -0.434. The summed E-state index contributed by atoms with van der Waals surface area (Å²) >= 11 is 1.34. The van der Waals surface area contributed by atoms with Gasteiger partial charge in [-0.15, -0.1) is 11.3 Å². The molecule has 7 nitrogen and oxygen atoms in total. The topological polar surface area (TPSA) is 79.1 Å². The zero-order chi connectivity index (χ0) is 17.8. The summed E-state index contributed by atoms with van der Waals surface area (Å²) in [5.74, 6) is 0.757. The summed E-state index contributed by atoms with van der Waals surface area (Å²) in [6.07, 6.45) is 1.70. The Balaban J connectivity index is 1.67. The molecular formula is C17H16N2O5S. The molecule has 0 amide bonds. The molecule has 3 rings (SSSR count).